The maximum Gasteiger partial charge on any atom is 0.126 e. The van der Waals surface area contributed by atoms with Gasteiger partial charge in [0.2, 0.25) is 0 Å². The van der Waals surface area contributed by atoms with Crippen molar-refractivity contribution in [3.05, 3.63) is 63.1 Å². The molecule has 0 aliphatic carbocycles. The van der Waals surface area contributed by atoms with Gasteiger partial charge in [-0.3, -0.25) is 4.98 Å². The molecule has 112 valence electrons. The fraction of sp³-hybridized carbons (Fsp3) is 0.353. The molecular weight excluding hydrogens is 331 g/mol. The number of nitrogens with zero attached hydrogens (tertiary/aromatic N) is 1. The number of halogens is 2. The molecule has 0 amide bonds. The van der Waals surface area contributed by atoms with Crippen molar-refractivity contribution in [2.24, 2.45) is 0 Å². The summed E-state index contributed by atoms with van der Waals surface area (Å²) < 4.78 is 14.9. The van der Waals surface area contributed by atoms with Crippen molar-refractivity contribution in [2.75, 3.05) is 6.54 Å². The lowest BCUT2D eigenvalue weighted by Crippen LogP contribution is -2.24. The van der Waals surface area contributed by atoms with Crippen LogP contribution in [0.1, 0.15) is 35.5 Å². The van der Waals surface area contributed by atoms with Crippen LogP contribution in [0.4, 0.5) is 4.39 Å². The molecule has 0 aliphatic rings. The lowest BCUT2D eigenvalue weighted by molar-refractivity contribution is 0.524. The van der Waals surface area contributed by atoms with Gasteiger partial charge in [-0.05, 0) is 62.2 Å². The number of benzene rings is 1. The van der Waals surface area contributed by atoms with Crippen molar-refractivity contribution >= 4 is 15.9 Å². The van der Waals surface area contributed by atoms with E-state index in [0.29, 0.717) is 12.0 Å². The molecule has 0 fully saturated rings. The van der Waals surface area contributed by atoms with Crippen LogP contribution < -0.4 is 5.32 Å². The van der Waals surface area contributed by atoms with Crippen LogP contribution in [-0.2, 0) is 6.42 Å². The SMILES string of the molecule is CCNC(Cc1cc(Br)ccc1F)c1ccc(C)nc1C. The lowest BCUT2D eigenvalue weighted by atomic mass is 9.97. The van der Waals surface area contributed by atoms with Gasteiger partial charge >= 0.3 is 0 Å². The Hall–Kier alpha value is -1.26. The molecular formula is C17H20BrFN2. The van der Waals surface area contributed by atoms with Gasteiger partial charge in [-0.1, -0.05) is 28.9 Å². The van der Waals surface area contributed by atoms with Crippen LogP contribution in [0.25, 0.3) is 0 Å². The van der Waals surface area contributed by atoms with Crippen LogP contribution in [0.5, 0.6) is 0 Å². The van der Waals surface area contributed by atoms with Crippen molar-refractivity contribution in [3.8, 4) is 0 Å². The second-order valence-corrected chi connectivity index (χ2v) is 6.09. The van der Waals surface area contributed by atoms with E-state index in [-0.39, 0.29) is 11.9 Å². The fourth-order valence-electron chi connectivity index (χ4n) is 2.52. The predicted molar refractivity (Wildman–Crippen MR) is 87.9 cm³/mol. The van der Waals surface area contributed by atoms with Gasteiger partial charge in [-0.15, -0.1) is 0 Å². The summed E-state index contributed by atoms with van der Waals surface area (Å²) in [7, 11) is 0. The van der Waals surface area contributed by atoms with Gasteiger partial charge in [-0.25, -0.2) is 4.39 Å². The molecule has 1 aromatic heterocycles. The summed E-state index contributed by atoms with van der Waals surface area (Å²) in [5.74, 6) is -0.168. The van der Waals surface area contributed by atoms with Crippen molar-refractivity contribution in [1.82, 2.24) is 10.3 Å². The number of nitrogens with one attached hydrogen (secondary N) is 1. The number of pyridine rings is 1. The van der Waals surface area contributed by atoms with E-state index in [1.54, 1.807) is 6.07 Å². The highest BCUT2D eigenvalue weighted by atomic mass is 79.9. The number of aryl methyl sites for hydroxylation is 2. The molecule has 0 saturated heterocycles. The summed E-state index contributed by atoms with van der Waals surface area (Å²) in [6, 6.07) is 9.22. The summed E-state index contributed by atoms with van der Waals surface area (Å²) in [5, 5.41) is 3.43. The van der Waals surface area contributed by atoms with Crippen molar-refractivity contribution < 1.29 is 4.39 Å². The highest BCUT2D eigenvalue weighted by molar-refractivity contribution is 9.10. The summed E-state index contributed by atoms with van der Waals surface area (Å²) in [4.78, 5) is 4.52. The van der Waals surface area contributed by atoms with E-state index in [0.717, 1.165) is 28.0 Å². The van der Waals surface area contributed by atoms with Crippen molar-refractivity contribution in [3.63, 3.8) is 0 Å². The van der Waals surface area contributed by atoms with E-state index in [1.165, 1.54) is 6.07 Å². The van der Waals surface area contributed by atoms with Gasteiger partial charge in [0.1, 0.15) is 5.82 Å². The van der Waals surface area contributed by atoms with Gasteiger partial charge in [0, 0.05) is 21.9 Å². The van der Waals surface area contributed by atoms with E-state index in [9.17, 15) is 4.39 Å². The topological polar surface area (TPSA) is 24.9 Å². The Bertz CT molecular complexity index is 628. The highest BCUT2D eigenvalue weighted by Gasteiger charge is 2.16. The maximum absolute atomic E-state index is 14.0. The molecule has 21 heavy (non-hydrogen) atoms. The van der Waals surface area contributed by atoms with Crippen LogP contribution in [-0.4, -0.2) is 11.5 Å². The second-order valence-electron chi connectivity index (χ2n) is 5.18. The zero-order valence-electron chi connectivity index (χ0n) is 12.6. The highest BCUT2D eigenvalue weighted by Crippen LogP contribution is 2.24. The van der Waals surface area contributed by atoms with E-state index >= 15 is 0 Å². The molecule has 1 aromatic carbocycles. The average molecular weight is 351 g/mol. The Balaban J connectivity index is 2.32. The summed E-state index contributed by atoms with van der Waals surface area (Å²) >= 11 is 3.41. The first-order valence-electron chi connectivity index (χ1n) is 7.12. The zero-order valence-corrected chi connectivity index (χ0v) is 14.2. The molecule has 2 aromatic rings. The van der Waals surface area contributed by atoms with Gasteiger partial charge in [-0.2, -0.15) is 0 Å². The minimum Gasteiger partial charge on any atom is -0.310 e. The number of rotatable bonds is 5. The molecule has 0 aliphatic heterocycles. The van der Waals surface area contributed by atoms with E-state index in [2.05, 4.69) is 39.2 Å². The molecule has 2 rings (SSSR count). The monoisotopic (exact) mass is 350 g/mol. The molecule has 4 heteroatoms. The summed E-state index contributed by atoms with van der Waals surface area (Å²) in [6.45, 7) is 6.87. The van der Waals surface area contributed by atoms with Crippen LogP contribution in [0.3, 0.4) is 0 Å². The number of hydrogen-bond acceptors (Lipinski definition) is 2. The lowest BCUT2D eigenvalue weighted by Gasteiger charge is -2.20. The number of hydrogen-bond donors (Lipinski definition) is 1. The summed E-state index contributed by atoms with van der Waals surface area (Å²) in [5.41, 5.74) is 3.83. The van der Waals surface area contributed by atoms with E-state index in [4.69, 9.17) is 0 Å². The standard InChI is InChI=1S/C17H20BrFN2/c1-4-20-17(15-7-5-11(2)21-12(15)3)10-13-9-14(18)6-8-16(13)19/h5-9,17,20H,4,10H2,1-3H3. The quantitative estimate of drug-likeness (QED) is 0.858. The molecule has 0 spiro atoms. The minimum atomic E-state index is -0.168. The van der Waals surface area contributed by atoms with Crippen molar-refractivity contribution in [2.45, 2.75) is 33.2 Å². The van der Waals surface area contributed by atoms with Crippen LogP contribution >= 0.6 is 15.9 Å². The first-order valence-corrected chi connectivity index (χ1v) is 7.92. The molecule has 1 atom stereocenters. The Morgan fingerprint density at radius 3 is 2.67 bits per heavy atom. The molecule has 0 bridgehead atoms. The molecule has 0 saturated carbocycles. The molecule has 0 radical (unpaired) electrons. The second kappa shape index (κ2) is 7.14. The van der Waals surface area contributed by atoms with Crippen LogP contribution in [0, 0.1) is 19.7 Å². The molecule has 2 nitrogen and oxygen atoms in total. The largest absolute Gasteiger partial charge is 0.310 e. The molecule has 1 N–H and O–H groups in total. The third kappa shape index (κ3) is 4.11. The molecule has 1 heterocycles. The summed E-state index contributed by atoms with van der Waals surface area (Å²) in [6.07, 6.45) is 0.602. The average Bonchev–Trinajstić information content (AvgIpc) is 2.42. The first-order chi connectivity index (χ1) is 10.0. The number of aromatic nitrogens is 1. The van der Waals surface area contributed by atoms with E-state index < -0.39 is 0 Å². The van der Waals surface area contributed by atoms with Gasteiger partial charge in [0.05, 0.1) is 0 Å². The third-order valence-electron chi connectivity index (χ3n) is 3.52. The van der Waals surface area contributed by atoms with E-state index in [1.807, 2.05) is 26.0 Å². The zero-order chi connectivity index (χ0) is 15.4. The Kier molecular flexibility index (Phi) is 5.48. The van der Waals surface area contributed by atoms with Gasteiger partial charge < -0.3 is 5.32 Å². The normalized spacial score (nSPS) is 12.4. The number of likely N-dealkylation sites (N-methyl/N-ethyl adjacent to an activating group) is 1. The van der Waals surface area contributed by atoms with Crippen molar-refractivity contribution in [1.29, 1.82) is 0 Å². The van der Waals surface area contributed by atoms with Gasteiger partial charge in [0.25, 0.3) is 0 Å². The maximum atomic E-state index is 14.0. The predicted octanol–water partition coefficient (Wildman–Crippen LogP) is 4.49. The fourth-order valence-corrected chi connectivity index (χ4v) is 2.93. The Labute approximate surface area is 133 Å². The smallest absolute Gasteiger partial charge is 0.126 e. The third-order valence-corrected chi connectivity index (χ3v) is 4.02. The first kappa shape index (κ1) is 16.1. The molecule has 1 unspecified atom stereocenters. The van der Waals surface area contributed by atoms with Gasteiger partial charge in [0.15, 0.2) is 0 Å². The van der Waals surface area contributed by atoms with Crippen LogP contribution in [0.2, 0.25) is 0 Å². The minimum absolute atomic E-state index is 0.0619. The Morgan fingerprint density at radius 1 is 1.24 bits per heavy atom. The van der Waals surface area contributed by atoms with Crippen LogP contribution in [0.15, 0.2) is 34.8 Å². The Morgan fingerprint density at radius 2 is 2.00 bits per heavy atom.